The molecule has 2 atom stereocenters. The van der Waals surface area contributed by atoms with Crippen molar-refractivity contribution in [3.8, 4) is 0 Å². The lowest BCUT2D eigenvalue weighted by Gasteiger charge is -2.28. The highest BCUT2D eigenvalue weighted by atomic mass is 16.1. The van der Waals surface area contributed by atoms with Crippen molar-refractivity contribution in [1.82, 2.24) is 5.32 Å². The summed E-state index contributed by atoms with van der Waals surface area (Å²) in [6.45, 7) is 4.98. The lowest BCUT2D eigenvalue weighted by Crippen LogP contribution is -2.33. The minimum Gasteiger partial charge on any atom is -0.398 e. The van der Waals surface area contributed by atoms with Crippen LogP contribution in [0.4, 0.5) is 5.69 Å². The molecule has 3 heteroatoms. The number of amides is 1. The Morgan fingerprint density at radius 2 is 2.11 bits per heavy atom. The lowest BCUT2D eigenvalue weighted by atomic mass is 9.80. The predicted molar refractivity (Wildman–Crippen MR) is 79.0 cm³/mol. The van der Waals surface area contributed by atoms with Gasteiger partial charge in [0.15, 0.2) is 0 Å². The number of nitrogens with one attached hydrogen (secondary N) is 1. The van der Waals surface area contributed by atoms with Crippen molar-refractivity contribution in [3.05, 3.63) is 29.3 Å². The monoisotopic (exact) mass is 260 g/mol. The Morgan fingerprint density at radius 1 is 1.37 bits per heavy atom. The van der Waals surface area contributed by atoms with Crippen LogP contribution in [-0.4, -0.2) is 12.5 Å². The highest BCUT2D eigenvalue weighted by Gasteiger charge is 2.22. The quantitative estimate of drug-likeness (QED) is 0.820. The number of rotatable bonds is 3. The molecule has 1 amide bonds. The first-order valence-electron chi connectivity index (χ1n) is 7.23. The Kier molecular flexibility index (Phi) is 4.46. The molecule has 1 aromatic rings. The molecule has 1 fully saturated rings. The fraction of sp³-hybridized carbons (Fsp3) is 0.562. The van der Waals surface area contributed by atoms with Gasteiger partial charge >= 0.3 is 0 Å². The molecular formula is C16H24N2O. The van der Waals surface area contributed by atoms with Gasteiger partial charge < -0.3 is 11.1 Å². The van der Waals surface area contributed by atoms with Crippen molar-refractivity contribution >= 4 is 11.6 Å². The van der Waals surface area contributed by atoms with Crippen LogP contribution < -0.4 is 11.1 Å². The lowest BCUT2D eigenvalue weighted by molar-refractivity contribution is 0.0936. The molecule has 0 radical (unpaired) electrons. The second-order valence-electron chi connectivity index (χ2n) is 5.75. The van der Waals surface area contributed by atoms with Crippen LogP contribution >= 0.6 is 0 Å². The van der Waals surface area contributed by atoms with Crippen LogP contribution in [0.3, 0.4) is 0 Å². The Hall–Kier alpha value is -1.51. The molecule has 0 spiro atoms. The van der Waals surface area contributed by atoms with E-state index < -0.39 is 0 Å². The van der Waals surface area contributed by atoms with E-state index in [0.717, 1.165) is 18.0 Å². The number of benzene rings is 1. The zero-order valence-electron chi connectivity index (χ0n) is 11.9. The van der Waals surface area contributed by atoms with Gasteiger partial charge in [0.25, 0.3) is 5.91 Å². The molecule has 2 rings (SSSR count). The van der Waals surface area contributed by atoms with Gasteiger partial charge in [-0.1, -0.05) is 32.3 Å². The number of carbonyl (C=O) groups is 1. The van der Waals surface area contributed by atoms with E-state index in [-0.39, 0.29) is 5.91 Å². The van der Waals surface area contributed by atoms with E-state index in [1.54, 1.807) is 0 Å². The van der Waals surface area contributed by atoms with Gasteiger partial charge in [-0.3, -0.25) is 4.79 Å². The number of hydrogen-bond acceptors (Lipinski definition) is 2. The summed E-state index contributed by atoms with van der Waals surface area (Å²) in [4.78, 5) is 12.2. The van der Waals surface area contributed by atoms with Gasteiger partial charge in [-0.2, -0.15) is 0 Å². The first-order valence-corrected chi connectivity index (χ1v) is 7.23. The smallest absolute Gasteiger partial charge is 0.251 e. The van der Waals surface area contributed by atoms with Gasteiger partial charge in [-0.25, -0.2) is 0 Å². The van der Waals surface area contributed by atoms with Gasteiger partial charge in [0.05, 0.1) is 0 Å². The average Bonchev–Trinajstić information content (AvgIpc) is 2.40. The molecular weight excluding hydrogens is 236 g/mol. The number of nitrogens with two attached hydrogens (primary N) is 1. The van der Waals surface area contributed by atoms with E-state index in [1.807, 2.05) is 25.1 Å². The SMILES string of the molecule is Cc1c(N)cccc1C(=O)NCC1CCCCC1C. The van der Waals surface area contributed by atoms with Crippen LogP contribution in [-0.2, 0) is 0 Å². The van der Waals surface area contributed by atoms with E-state index in [0.29, 0.717) is 17.2 Å². The molecule has 3 N–H and O–H groups in total. The number of anilines is 1. The van der Waals surface area contributed by atoms with Gasteiger partial charge in [0.1, 0.15) is 0 Å². The first kappa shape index (κ1) is 13.9. The molecule has 1 aliphatic carbocycles. The third kappa shape index (κ3) is 3.28. The molecule has 0 aromatic heterocycles. The van der Waals surface area contributed by atoms with E-state index >= 15 is 0 Å². The molecule has 1 aliphatic rings. The average molecular weight is 260 g/mol. The highest BCUT2D eigenvalue weighted by molar-refractivity contribution is 5.96. The van der Waals surface area contributed by atoms with Crippen LogP contribution in [0.25, 0.3) is 0 Å². The fourth-order valence-electron chi connectivity index (χ4n) is 2.91. The third-order valence-corrected chi connectivity index (χ3v) is 4.43. The van der Waals surface area contributed by atoms with Gasteiger partial charge in [-0.15, -0.1) is 0 Å². The molecule has 0 bridgehead atoms. The minimum absolute atomic E-state index is 0.00238. The van der Waals surface area contributed by atoms with Crippen LogP contribution in [0.5, 0.6) is 0 Å². The normalized spacial score (nSPS) is 23.1. The molecule has 3 nitrogen and oxygen atoms in total. The van der Waals surface area contributed by atoms with Crippen molar-refractivity contribution in [2.75, 3.05) is 12.3 Å². The summed E-state index contributed by atoms with van der Waals surface area (Å²) in [6.07, 6.45) is 5.15. The summed E-state index contributed by atoms with van der Waals surface area (Å²) in [7, 11) is 0. The second-order valence-corrected chi connectivity index (χ2v) is 5.75. The Balaban J connectivity index is 1.95. The van der Waals surface area contributed by atoms with E-state index in [9.17, 15) is 4.79 Å². The summed E-state index contributed by atoms with van der Waals surface area (Å²) in [5.41, 5.74) is 8.09. The maximum atomic E-state index is 12.2. The van der Waals surface area contributed by atoms with E-state index in [2.05, 4.69) is 12.2 Å². The number of carbonyl (C=O) groups excluding carboxylic acids is 1. The summed E-state index contributed by atoms with van der Waals surface area (Å²) < 4.78 is 0. The topological polar surface area (TPSA) is 55.1 Å². The standard InChI is InChI=1S/C16H24N2O/c1-11-6-3-4-7-13(11)10-18-16(19)14-8-5-9-15(17)12(14)2/h5,8-9,11,13H,3-4,6-7,10,17H2,1-2H3,(H,18,19). The van der Waals surface area contributed by atoms with E-state index in [4.69, 9.17) is 5.73 Å². The molecule has 19 heavy (non-hydrogen) atoms. The van der Waals surface area contributed by atoms with Crippen molar-refractivity contribution in [1.29, 1.82) is 0 Å². The molecule has 0 saturated heterocycles. The maximum absolute atomic E-state index is 12.2. The van der Waals surface area contributed by atoms with Crippen molar-refractivity contribution < 1.29 is 4.79 Å². The third-order valence-electron chi connectivity index (χ3n) is 4.43. The Bertz CT molecular complexity index is 456. The van der Waals surface area contributed by atoms with Crippen LogP contribution in [0.15, 0.2) is 18.2 Å². The van der Waals surface area contributed by atoms with Crippen molar-refractivity contribution in [2.24, 2.45) is 11.8 Å². The van der Waals surface area contributed by atoms with Crippen LogP contribution in [0.1, 0.15) is 48.5 Å². The molecule has 0 heterocycles. The summed E-state index contributed by atoms with van der Waals surface area (Å²) in [6, 6.07) is 5.50. The molecule has 104 valence electrons. The zero-order valence-corrected chi connectivity index (χ0v) is 11.9. The maximum Gasteiger partial charge on any atom is 0.251 e. The van der Waals surface area contributed by atoms with Crippen molar-refractivity contribution in [2.45, 2.75) is 39.5 Å². The van der Waals surface area contributed by atoms with Gasteiger partial charge in [0, 0.05) is 17.8 Å². The number of nitrogen functional groups attached to an aromatic ring is 1. The Labute approximate surface area is 115 Å². The van der Waals surface area contributed by atoms with Crippen LogP contribution in [0.2, 0.25) is 0 Å². The molecule has 2 unspecified atom stereocenters. The van der Waals surface area contributed by atoms with Gasteiger partial charge in [-0.05, 0) is 42.9 Å². The highest BCUT2D eigenvalue weighted by Crippen LogP contribution is 2.29. The fourth-order valence-corrected chi connectivity index (χ4v) is 2.91. The summed E-state index contributed by atoms with van der Waals surface area (Å²) in [5.74, 6) is 1.35. The largest absolute Gasteiger partial charge is 0.398 e. The predicted octanol–water partition coefficient (Wildman–Crippen LogP) is 3.13. The Morgan fingerprint density at radius 3 is 2.84 bits per heavy atom. The first-order chi connectivity index (χ1) is 9.09. The van der Waals surface area contributed by atoms with Gasteiger partial charge in [0.2, 0.25) is 0 Å². The molecule has 1 saturated carbocycles. The summed E-state index contributed by atoms with van der Waals surface area (Å²) in [5, 5.41) is 3.07. The zero-order chi connectivity index (χ0) is 13.8. The minimum atomic E-state index is 0.00238. The molecule has 1 aromatic carbocycles. The molecule has 0 aliphatic heterocycles. The summed E-state index contributed by atoms with van der Waals surface area (Å²) >= 11 is 0. The second kappa shape index (κ2) is 6.09. The van der Waals surface area contributed by atoms with Crippen molar-refractivity contribution in [3.63, 3.8) is 0 Å². The van der Waals surface area contributed by atoms with Crippen LogP contribution in [0, 0.1) is 18.8 Å². The number of hydrogen-bond donors (Lipinski definition) is 2. The van der Waals surface area contributed by atoms with E-state index in [1.165, 1.54) is 25.7 Å².